The molecule has 4 aromatic rings. The molecule has 36 heavy (non-hydrogen) atoms. The second kappa shape index (κ2) is 10.0. The zero-order valence-electron chi connectivity index (χ0n) is 20.5. The molecule has 0 saturated heterocycles. The Labute approximate surface area is 219 Å². The fraction of sp³-hybridized carbons (Fsp3) is 0.276. The fourth-order valence-electron chi connectivity index (χ4n) is 4.72. The minimum Gasteiger partial charge on any atom is -0.462 e. The Hall–Kier alpha value is -3.22. The van der Waals surface area contributed by atoms with Crippen LogP contribution in [0.1, 0.15) is 57.0 Å². The van der Waals surface area contributed by atoms with Crippen molar-refractivity contribution in [3.05, 3.63) is 80.7 Å². The highest BCUT2D eigenvalue weighted by Crippen LogP contribution is 2.40. The smallest absolute Gasteiger partial charge is 0.341 e. The molecule has 5 rings (SSSR count). The maximum atomic E-state index is 13.8. The van der Waals surface area contributed by atoms with Crippen molar-refractivity contribution in [3.63, 3.8) is 0 Å². The molecule has 2 aromatic heterocycles. The van der Waals surface area contributed by atoms with Crippen molar-refractivity contribution < 1.29 is 14.3 Å². The SMILES string of the molecule is CCOC(=O)c1c(NC(=O)c2cc(-c3ccc(Cl)cc3)nc3ccc(C)cc23)sc2c1CC[C@@H](C)C2. The van der Waals surface area contributed by atoms with E-state index in [0.29, 0.717) is 32.8 Å². The maximum absolute atomic E-state index is 13.8. The predicted molar refractivity (Wildman–Crippen MR) is 146 cm³/mol. The van der Waals surface area contributed by atoms with Gasteiger partial charge in [-0.2, -0.15) is 0 Å². The summed E-state index contributed by atoms with van der Waals surface area (Å²) in [4.78, 5) is 32.7. The van der Waals surface area contributed by atoms with Gasteiger partial charge in [-0.15, -0.1) is 11.3 Å². The number of ether oxygens (including phenoxy) is 1. The summed E-state index contributed by atoms with van der Waals surface area (Å²) in [6, 6.07) is 15.1. The first-order valence-corrected chi connectivity index (χ1v) is 13.3. The van der Waals surface area contributed by atoms with Gasteiger partial charge >= 0.3 is 5.97 Å². The van der Waals surface area contributed by atoms with E-state index < -0.39 is 0 Å². The molecular weight excluding hydrogens is 492 g/mol. The molecule has 0 saturated carbocycles. The van der Waals surface area contributed by atoms with E-state index in [1.807, 2.05) is 37.3 Å². The normalized spacial score (nSPS) is 14.9. The number of amides is 1. The monoisotopic (exact) mass is 518 g/mol. The number of fused-ring (bicyclic) bond motifs is 2. The van der Waals surface area contributed by atoms with E-state index in [1.54, 1.807) is 25.1 Å². The van der Waals surface area contributed by atoms with Gasteiger partial charge < -0.3 is 10.1 Å². The van der Waals surface area contributed by atoms with Gasteiger partial charge in [0.1, 0.15) is 5.00 Å². The zero-order chi connectivity index (χ0) is 25.4. The largest absolute Gasteiger partial charge is 0.462 e. The molecule has 1 N–H and O–H groups in total. The lowest BCUT2D eigenvalue weighted by atomic mass is 9.88. The van der Waals surface area contributed by atoms with Gasteiger partial charge in [0.05, 0.1) is 28.9 Å². The summed E-state index contributed by atoms with van der Waals surface area (Å²) >= 11 is 7.57. The Morgan fingerprint density at radius 1 is 1.17 bits per heavy atom. The molecule has 0 radical (unpaired) electrons. The Balaban J connectivity index is 1.59. The molecule has 1 atom stereocenters. The van der Waals surface area contributed by atoms with Crippen LogP contribution in [-0.4, -0.2) is 23.5 Å². The number of nitrogens with zero attached hydrogens (tertiary/aromatic N) is 1. The van der Waals surface area contributed by atoms with Crippen LogP contribution in [0.4, 0.5) is 5.00 Å². The molecule has 0 unspecified atom stereocenters. The number of carbonyl (C=O) groups is 2. The van der Waals surface area contributed by atoms with Crippen LogP contribution in [0.5, 0.6) is 0 Å². The van der Waals surface area contributed by atoms with Crippen LogP contribution in [-0.2, 0) is 17.6 Å². The summed E-state index contributed by atoms with van der Waals surface area (Å²) in [5.41, 5.74) is 5.33. The Morgan fingerprint density at radius 3 is 2.69 bits per heavy atom. The first-order chi connectivity index (χ1) is 17.3. The van der Waals surface area contributed by atoms with Gasteiger partial charge in [-0.1, -0.05) is 42.3 Å². The van der Waals surface area contributed by atoms with E-state index in [9.17, 15) is 9.59 Å². The van der Waals surface area contributed by atoms with Crippen molar-refractivity contribution in [1.82, 2.24) is 4.98 Å². The van der Waals surface area contributed by atoms with Crippen LogP contribution < -0.4 is 5.32 Å². The molecule has 0 aliphatic heterocycles. The van der Waals surface area contributed by atoms with E-state index in [1.165, 1.54) is 11.3 Å². The Bertz CT molecular complexity index is 1480. The lowest BCUT2D eigenvalue weighted by molar-refractivity contribution is 0.0526. The first-order valence-electron chi connectivity index (χ1n) is 12.1. The lowest BCUT2D eigenvalue weighted by Crippen LogP contribution is -2.17. The highest BCUT2D eigenvalue weighted by Gasteiger charge is 2.29. The molecule has 1 aliphatic rings. The van der Waals surface area contributed by atoms with Gasteiger partial charge in [0.25, 0.3) is 5.91 Å². The highest BCUT2D eigenvalue weighted by molar-refractivity contribution is 7.17. The van der Waals surface area contributed by atoms with Gasteiger partial charge in [0.2, 0.25) is 0 Å². The molecule has 2 heterocycles. The second-order valence-electron chi connectivity index (χ2n) is 9.31. The number of nitrogens with one attached hydrogen (secondary N) is 1. The van der Waals surface area contributed by atoms with Crippen molar-refractivity contribution in [1.29, 1.82) is 0 Å². The summed E-state index contributed by atoms with van der Waals surface area (Å²) in [6.45, 7) is 6.28. The second-order valence-corrected chi connectivity index (χ2v) is 10.9. The van der Waals surface area contributed by atoms with E-state index >= 15 is 0 Å². The number of thiophene rings is 1. The van der Waals surface area contributed by atoms with Crippen LogP contribution in [0.2, 0.25) is 5.02 Å². The average molecular weight is 519 g/mol. The summed E-state index contributed by atoms with van der Waals surface area (Å²) in [5, 5.41) is 5.02. The van der Waals surface area contributed by atoms with Gasteiger partial charge in [-0.25, -0.2) is 9.78 Å². The molecule has 1 amide bonds. The quantitative estimate of drug-likeness (QED) is 0.278. The molecule has 1 aliphatic carbocycles. The number of aromatic nitrogens is 1. The summed E-state index contributed by atoms with van der Waals surface area (Å²) in [6.07, 6.45) is 2.73. The Morgan fingerprint density at radius 2 is 1.94 bits per heavy atom. The number of benzene rings is 2. The number of aryl methyl sites for hydroxylation is 1. The third-order valence-electron chi connectivity index (χ3n) is 6.57. The van der Waals surface area contributed by atoms with E-state index in [-0.39, 0.29) is 18.5 Å². The Kier molecular flexibility index (Phi) is 6.82. The number of hydrogen-bond donors (Lipinski definition) is 1. The van der Waals surface area contributed by atoms with Crippen molar-refractivity contribution in [2.45, 2.75) is 40.0 Å². The van der Waals surface area contributed by atoms with Crippen LogP contribution in [0.3, 0.4) is 0 Å². The third-order valence-corrected chi connectivity index (χ3v) is 7.99. The number of rotatable bonds is 5. The van der Waals surface area contributed by atoms with Crippen molar-refractivity contribution in [2.75, 3.05) is 11.9 Å². The maximum Gasteiger partial charge on any atom is 0.341 e. The molecule has 0 fully saturated rings. The van der Waals surface area contributed by atoms with Crippen molar-refractivity contribution in [3.8, 4) is 11.3 Å². The van der Waals surface area contributed by atoms with E-state index in [2.05, 4.69) is 12.2 Å². The van der Waals surface area contributed by atoms with Crippen LogP contribution in [0.25, 0.3) is 22.2 Å². The minimum atomic E-state index is -0.378. The fourth-order valence-corrected chi connectivity index (χ4v) is 6.24. The number of halogens is 1. The van der Waals surface area contributed by atoms with Crippen molar-refractivity contribution >= 4 is 50.7 Å². The summed E-state index contributed by atoms with van der Waals surface area (Å²) < 4.78 is 5.38. The van der Waals surface area contributed by atoms with Crippen LogP contribution in [0, 0.1) is 12.8 Å². The van der Waals surface area contributed by atoms with Gasteiger partial charge in [0.15, 0.2) is 0 Å². The van der Waals surface area contributed by atoms with Gasteiger partial charge in [-0.05, 0) is 74.9 Å². The lowest BCUT2D eigenvalue weighted by Gasteiger charge is -2.18. The number of carbonyl (C=O) groups excluding carboxylic acids is 2. The summed E-state index contributed by atoms with van der Waals surface area (Å²) in [7, 11) is 0. The van der Waals surface area contributed by atoms with Gasteiger partial charge in [0, 0.05) is 20.8 Å². The van der Waals surface area contributed by atoms with Gasteiger partial charge in [-0.3, -0.25) is 4.79 Å². The topological polar surface area (TPSA) is 68.3 Å². The molecular formula is C29H27ClN2O3S. The zero-order valence-corrected chi connectivity index (χ0v) is 22.1. The predicted octanol–water partition coefficient (Wildman–Crippen LogP) is 7.48. The number of hydrogen-bond acceptors (Lipinski definition) is 5. The molecule has 184 valence electrons. The molecule has 0 spiro atoms. The van der Waals surface area contributed by atoms with Crippen molar-refractivity contribution in [2.24, 2.45) is 5.92 Å². The number of pyridine rings is 1. The van der Waals surface area contributed by atoms with E-state index in [0.717, 1.165) is 51.7 Å². The summed E-state index contributed by atoms with van der Waals surface area (Å²) in [5.74, 6) is -0.110. The number of anilines is 1. The molecule has 2 aromatic carbocycles. The van der Waals surface area contributed by atoms with E-state index in [4.69, 9.17) is 21.3 Å². The highest BCUT2D eigenvalue weighted by atomic mass is 35.5. The third kappa shape index (κ3) is 4.75. The minimum absolute atomic E-state index is 0.277. The first kappa shape index (κ1) is 24.5. The molecule has 0 bridgehead atoms. The van der Waals surface area contributed by atoms with Crippen LogP contribution >= 0.6 is 22.9 Å². The number of esters is 1. The molecule has 5 nitrogen and oxygen atoms in total. The average Bonchev–Trinajstić information content (AvgIpc) is 3.20. The standard InChI is InChI=1S/C29H27ClN2O3S/c1-4-35-29(34)26-20-11-5-17(3)14-25(20)36-28(26)32-27(33)22-15-24(18-7-9-19(30)10-8-18)31-23-12-6-16(2)13-21(22)23/h6-10,12-13,15,17H,4-5,11,14H2,1-3H3,(H,32,33)/t17-/m1/s1. The van der Waals surface area contributed by atoms with Crippen LogP contribution in [0.15, 0.2) is 48.5 Å². The molecule has 7 heteroatoms.